The summed E-state index contributed by atoms with van der Waals surface area (Å²) in [6.07, 6.45) is 5.23. The lowest BCUT2D eigenvalue weighted by molar-refractivity contribution is 0.302. The Balaban J connectivity index is 2.10. The second-order valence-electron chi connectivity index (χ2n) is 4.07. The van der Waals surface area contributed by atoms with Crippen LogP contribution in [0.2, 0.25) is 0 Å². The zero-order valence-electron chi connectivity index (χ0n) is 7.99. The van der Waals surface area contributed by atoms with Crippen LogP contribution in [0.5, 0.6) is 0 Å². The molecule has 2 heterocycles. The Kier molecular flexibility index (Phi) is 1.70. The quantitative estimate of drug-likeness (QED) is 0.706. The van der Waals surface area contributed by atoms with Gasteiger partial charge >= 0.3 is 0 Å². The Morgan fingerprint density at radius 3 is 3.00 bits per heavy atom. The lowest BCUT2D eigenvalue weighted by atomic mass is 9.93. The average molecular weight is 191 g/mol. The van der Waals surface area contributed by atoms with E-state index < -0.39 is 0 Å². The first kappa shape index (κ1) is 8.17. The summed E-state index contributed by atoms with van der Waals surface area (Å²) in [7, 11) is 0. The lowest BCUT2D eigenvalue weighted by Crippen LogP contribution is -2.31. The van der Waals surface area contributed by atoms with Crippen molar-refractivity contribution in [2.24, 2.45) is 0 Å². The molecule has 4 heteroatoms. The molecule has 3 rings (SSSR count). The number of hydrogen-bond donors (Lipinski definition) is 1. The van der Waals surface area contributed by atoms with E-state index in [0.29, 0.717) is 12.6 Å². The van der Waals surface area contributed by atoms with Crippen molar-refractivity contribution >= 4 is 0 Å². The van der Waals surface area contributed by atoms with Crippen LogP contribution in [0.4, 0.5) is 0 Å². The van der Waals surface area contributed by atoms with Crippen molar-refractivity contribution in [3.05, 3.63) is 27.9 Å². The molecule has 1 aliphatic heterocycles. The van der Waals surface area contributed by atoms with Crippen LogP contribution in [0.1, 0.15) is 36.6 Å². The fourth-order valence-corrected chi connectivity index (χ4v) is 2.10. The molecular formula is C10H13N3O. The summed E-state index contributed by atoms with van der Waals surface area (Å²) < 4.78 is 1.81. The third kappa shape index (κ3) is 1.04. The van der Waals surface area contributed by atoms with E-state index in [1.165, 1.54) is 6.42 Å². The predicted molar refractivity (Wildman–Crippen MR) is 51.9 cm³/mol. The van der Waals surface area contributed by atoms with E-state index in [4.69, 9.17) is 0 Å². The SMILES string of the molecule is O=c1c2c(ncn1C1CCC1)CNC2. The van der Waals surface area contributed by atoms with Crippen molar-refractivity contribution in [1.29, 1.82) is 0 Å². The minimum Gasteiger partial charge on any atom is -0.307 e. The molecule has 0 aromatic carbocycles. The fraction of sp³-hybridized carbons (Fsp3) is 0.600. The van der Waals surface area contributed by atoms with Gasteiger partial charge in [0.1, 0.15) is 0 Å². The van der Waals surface area contributed by atoms with E-state index in [0.717, 1.165) is 30.6 Å². The van der Waals surface area contributed by atoms with Gasteiger partial charge in [-0.25, -0.2) is 4.98 Å². The summed E-state index contributed by atoms with van der Waals surface area (Å²) in [5.74, 6) is 0. The number of aromatic nitrogens is 2. The van der Waals surface area contributed by atoms with Crippen LogP contribution >= 0.6 is 0 Å². The molecule has 0 saturated heterocycles. The van der Waals surface area contributed by atoms with Gasteiger partial charge in [-0.05, 0) is 19.3 Å². The summed E-state index contributed by atoms with van der Waals surface area (Å²) >= 11 is 0. The van der Waals surface area contributed by atoms with Crippen molar-refractivity contribution in [3.8, 4) is 0 Å². The molecule has 1 aromatic rings. The average Bonchev–Trinajstić information content (AvgIpc) is 2.55. The molecule has 0 spiro atoms. The summed E-state index contributed by atoms with van der Waals surface area (Å²) in [6, 6.07) is 0.417. The van der Waals surface area contributed by atoms with Crippen LogP contribution in [0.15, 0.2) is 11.1 Å². The second-order valence-corrected chi connectivity index (χ2v) is 4.07. The molecule has 1 saturated carbocycles. The van der Waals surface area contributed by atoms with E-state index in [1.807, 2.05) is 4.57 Å². The first-order valence-electron chi connectivity index (χ1n) is 5.16. The maximum absolute atomic E-state index is 12.0. The molecule has 0 bridgehead atoms. The predicted octanol–water partition coefficient (Wildman–Crippen LogP) is 0.571. The van der Waals surface area contributed by atoms with Crippen LogP contribution < -0.4 is 10.9 Å². The van der Waals surface area contributed by atoms with Crippen LogP contribution in [-0.2, 0) is 13.1 Å². The molecule has 14 heavy (non-hydrogen) atoms. The standard InChI is InChI=1S/C10H13N3O/c14-10-8-4-11-5-9(8)12-6-13(10)7-2-1-3-7/h6-7,11H,1-5H2. The highest BCUT2D eigenvalue weighted by Crippen LogP contribution is 2.30. The number of nitrogens with zero attached hydrogens (tertiary/aromatic N) is 2. The molecule has 2 aliphatic rings. The Bertz CT molecular complexity index is 420. The van der Waals surface area contributed by atoms with E-state index in [-0.39, 0.29) is 5.56 Å². The maximum atomic E-state index is 12.0. The zero-order chi connectivity index (χ0) is 9.54. The van der Waals surface area contributed by atoms with Gasteiger partial charge in [-0.1, -0.05) is 0 Å². The molecule has 1 aliphatic carbocycles. The molecule has 74 valence electrons. The second kappa shape index (κ2) is 2.92. The molecule has 1 N–H and O–H groups in total. The fourth-order valence-electron chi connectivity index (χ4n) is 2.10. The van der Waals surface area contributed by atoms with E-state index >= 15 is 0 Å². The molecule has 1 aromatic heterocycles. The van der Waals surface area contributed by atoms with Gasteiger partial charge in [-0.15, -0.1) is 0 Å². The molecular weight excluding hydrogens is 178 g/mol. The monoisotopic (exact) mass is 191 g/mol. The maximum Gasteiger partial charge on any atom is 0.258 e. The molecule has 1 fully saturated rings. The third-order valence-corrected chi connectivity index (χ3v) is 3.24. The number of rotatable bonds is 1. The molecule has 0 radical (unpaired) electrons. The number of nitrogens with one attached hydrogen (secondary N) is 1. The summed E-state index contributed by atoms with van der Waals surface area (Å²) in [5, 5.41) is 3.15. The van der Waals surface area contributed by atoms with E-state index in [1.54, 1.807) is 6.33 Å². The molecule has 0 atom stereocenters. The highest BCUT2D eigenvalue weighted by Gasteiger charge is 2.24. The van der Waals surface area contributed by atoms with Gasteiger partial charge in [0.15, 0.2) is 0 Å². The van der Waals surface area contributed by atoms with Gasteiger partial charge in [0, 0.05) is 19.1 Å². The van der Waals surface area contributed by atoms with Crippen LogP contribution in [-0.4, -0.2) is 9.55 Å². The smallest absolute Gasteiger partial charge is 0.258 e. The topological polar surface area (TPSA) is 46.9 Å². The summed E-state index contributed by atoms with van der Waals surface area (Å²) in [5.41, 5.74) is 1.98. The van der Waals surface area contributed by atoms with Gasteiger partial charge in [0.25, 0.3) is 5.56 Å². The van der Waals surface area contributed by atoms with Crippen molar-refractivity contribution in [2.45, 2.75) is 38.4 Å². The largest absolute Gasteiger partial charge is 0.307 e. The van der Waals surface area contributed by atoms with Crippen LogP contribution in [0.3, 0.4) is 0 Å². The molecule has 4 nitrogen and oxygen atoms in total. The molecule has 0 unspecified atom stereocenters. The first-order valence-corrected chi connectivity index (χ1v) is 5.16. The van der Waals surface area contributed by atoms with Gasteiger partial charge < -0.3 is 5.32 Å². The summed E-state index contributed by atoms with van der Waals surface area (Å²) in [4.78, 5) is 16.3. The number of fused-ring (bicyclic) bond motifs is 1. The van der Waals surface area contributed by atoms with Crippen molar-refractivity contribution < 1.29 is 0 Å². The Hall–Kier alpha value is -1.16. The van der Waals surface area contributed by atoms with Crippen molar-refractivity contribution in [1.82, 2.24) is 14.9 Å². The van der Waals surface area contributed by atoms with E-state index in [2.05, 4.69) is 10.3 Å². The van der Waals surface area contributed by atoms with Gasteiger partial charge in [0.2, 0.25) is 0 Å². The molecule has 0 amide bonds. The van der Waals surface area contributed by atoms with Crippen molar-refractivity contribution in [2.75, 3.05) is 0 Å². The summed E-state index contributed by atoms with van der Waals surface area (Å²) in [6.45, 7) is 1.44. The normalized spacial score (nSPS) is 20.6. The third-order valence-electron chi connectivity index (χ3n) is 3.24. The highest BCUT2D eigenvalue weighted by molar-refractivity contribution is 5.20. The van der Waals surface area contributed by atoms with Gasteiger partial charge in [-0.3, -0.25) is 9.36 Å². The lowest BCUT2D eigenvalue weighted by Gasteiger charge is -2.27. The Morgan fingerprint density at radius 1 is 1.43 bits per heavy atom. The van der Waals surface area contributed by atoms with Gasteiger partial charge in [-0.2, -0.15) is 0 Å². The Labute approximate surface area is 82.0 Å². The van der Waals surface area contributed by atoms with Crippen LogP contribution in [0.25, 0.3) is 0 Å². The van der Waals surface area contributed by atoms with Gasteiger partial charge in [0.05, 0.1) is 17.6 Å². The Morgan fingerprint density at radius 2 is 2.29 bits per heavy atom. The zero-order valence-corrected chi connectivity index (χ0v) is 7.99. The minimum atomic E-state index is 0.171. The highest BCUT2D eigenvalue weighted by atomic mass is 16.1. The van der Waals surface area contributed by atoms with Crippen LogP contribution in [0, 0.1) is 0 Å². The van der Waals surface area contributed by atoms with E-state index in [9.17, 15) is 4.79 Å². The first-order chi connectivity index (χ1) is 6.86. The van der Waals surface area contributed by atoms with Crippen molar-refractivity contribution in [3.63, 3.8) is 0 Å². The number of hydrogen-bond acceptors (Lipinski definition) is 3. The minimum absolute atomic E-state index is 0.171.